The van der Waals surface area contributed by atoms with Crippen molar-refractivity contribution in [1.29, 1.82) is 0 Å². The molecule has 0 aromatic heterocycles. The van der Waals surface area contributed by atoms with Gasteiger partial charge < -0.3 is 15.0 Å². The number of amides is 2. The van der Waals surface area contributed by atoms with Crippen molar-refractivity contribution in [3.63, 3.8) is 0 Å². The number of carbonyl (C=O) groups is 2. The van der Waals surface area contributed by atoms with Gasteiger partial charge in [-0.05, 0) is 25.0 Å². The predicted octanol–water partition coefficient (Wildman–Crippen LogP) is 3.89. The average molecular weight is 413 g/mol. The van der Waals surface area contributed by atoms with Gasteiger partial charge in [-0.1, -0.05) is 19.3 Å². The molecule has 2 amide bonds. The number of aldehydes is 1. The first-order valence-corrected chi connectivity index (χ1v) is 10.2. The monoisotopic (exact) mass is 412 g/mol. The van der Waals surface area contributed by atoms with Gasteiger partial charge in [-0.25, -0.2) is 9.18 Å². The van der Waals surface area contributed by atoms with Crippen LogP contribution in [-0.2, 0) is 4.79 Å². The highest BCUT2D eigenvalue weighted by atomic mass is 35.5. The second-order valence-corrected chi connectivity index (χ2v) is 7.87. The number of unbranched alkanes of at least 4 members (excludes halogenated alkanes) is 1. The van der Waals surface area contributed by atoms with Crippen LogP contribution in [0.3, 0.4) is 0 Å². The molecule has 3 rings (SSSR count). The Morgan fingerprint density at radius 3 is 2.39 bits per heavy atom. The summed E-state index contributed by atoms with van der Waals surface area (Å²) in [5.41, 5.74) is 1.06. The fraction of sp³-hybridized carbons (Fsp3) is 0.619. The van der Waals surface area contributed by atoms with Gasteiger partial charge in [-0.15, -0.1) is 12.4 Å². The van der Waals surface area contributed by atoms with Gasteiger partial charge in [-0.3, -0.25) is 4.48 Å². The number of quaternary nitrogens is 1. The number of urea groups is 1. The minimum atomic E-state index is -0.240. The van der Waals surface area contributed by atoms with Crippen LogP contribution < -0.4 is 9.80 Å². The van der Waals surface area contributed by atoms with E-state index in [9.17, 15) is 14.0 Å². The molecule has 156 valence electrons. The molecule has 7 heteroatoms. The van der Waals surface area contributed by atoms with Crippen molar-refractivity contribution >= 4 is 30.4 Å². The van der Waals surface area contributed by atoms with Crippen LogP contribution in [0.2, 0.25) is 0 Å². The molecule has 1 heterocycles. The van der Waals surface area contributed by atoms with Crippen LogP contribution in [0.15, 0.2) is 24.3 Å². The second kappa shape index (κ2) is 10.8. The molecule has 2 fully saturated rings. The van der Waals surface area contributed by atoms with Crippen molar-refractivity contribution in [2.75, 3.05) is 32.7 Å². The smallest absolute Gasteiger partial charge is 0.318 e. The summed E-state index contributed by atoms with van der Waals surface area (Å²) in [4.78, 5) is 25.3. The topological polar surface area (TPSA) is 49.4 Å². The Bertz CT molecular complexity index is 627. The van der Waals surface area contributed by atoms with Crippen molar-refractivity contribution in [2.45, 2.75) is 51.0 Å². The summed E-state index contributed by atoms with van der Waals surface area (Å²) in [5, 5.41) is 3.20. The largest absolute Gasteiger partial charge is 0.335 e. The Morgan fingerprint density at radius 1 is 1.14 bits per heavy atom. The molecule has 0 atom stereocenters. The average Bonchev–Trinajstić information content (AvgIpc) is 2.70. The molecular formula is C21H32ClFN3O2+. The third-order valence-electron chi connectivity index (χ3n) is 6.10. The van der Waals surface area contributed by atoms with Crippen LogP contribution in [0.5, 0.6) is 0 Å². The fourth-order valence-corrected chi connectivity index (χ4v) is 4.41. The third kappa shape index (κ3) is 5.67. The first-order chi connectivity index (χ1) is 13.1. The molecule has 1 aliphatic carbocycles. The number of nitrogens with zero attached hydrogens (tertiary/aromatic N) is 2. The van der Waals surface area contributed by atoms with Crippen molar-refractivity contribution in [3.05, 3.63) is 30.1 Å². The molecule has 1 saturated heterocycles. The van der Waals surface area contributed by atoms with E-state index in [1.54, 1.807) is 0 Å². The molecule has 2 aliphatic rings. The minimum absolute atomic E-state index is 0. The van der Waals surface area contributed by atoms with Gasteiger partial charge in [-0.2, -0.15) is 0 Å². The molecule has 1 aliphatic heterocycles. The molecular weight excluding hydrogens is 381 g/mol. The summed E-state index contributed by atoms with van der Waals surface area (Å²) in [5.74, 6) is -0.240. The number of hydrogen-bond donors (Lipinski definition) is 1. The van der Waals surface area contributed by atoms with Gasteiger partial charge in [0.2, 0.25) is 0 Å². The van der Waals surface area contributed by atoms with Crippen LogP contribution >= 0.6 is 12.4 Å². The normalized spacial score (nSPS) is 19.5. The SMILES string of the molecule is Cl.O=CCCC[N+]1(c2ccc(F)cc2)CCN(C(=O)NC2CCCCC2)CC1. The van der Waals surface area contributed by atoms with Crippen LogP contribution in [0.1, 0.15) is 44.9 Å². The van der Waals surface area contributed by atoms with E-state index < -0.39 is 0 Å². The van der Waals surface area contributed by atoms with Gasteiger partial charge in [0, 0.05) is 31.0 Å². The lowest BCUT2D eigenvalue weighted by Crippen LogP contribution is -2.63. The number of rotatable bonds is 6. The molecule has 1 aromatic rings. The highest BCUT2D eigenvalue weighted by Crippen LogP contribution is 2.27. The third-order valence-corrected chi connectivity index (χ3v) is 6.10. The Labute approximate surface area is 173 Å². The van der Waals surface area contributed by atoms with E-state index in [1.807, 2.05) is 17.0 Å². The Kier molecular flexibility index (Phi) is 8.70. The Morgan fingerprint density at radius 2 is 1.79 bits per heavy atom. The number of benzene rings is 1. The van der Waals surface area contributed by atoms with Crippen LogP contribution in [0.4, 0.5) is 14.9 Å². The standard InChI is InChI=1S/C21H30FN3O2.ClH/c22-18-8-10-20(11-9-18)25(14-4-5-17-26)15-12-24(13-16-25)21(27)23-19-6-2-1-3-7-19;/h8-11,17,19H,1-7,12-16H2;1H/p+1. The fourth-order valence-electron chi connectivity index (χ4n) is 4.41. The molecule has 28 heavy (non-hydrogen) atoms. The number of nitrogens with one attached hydrogen (secondary N) is 1. The second-order valence-electron chi connectivity index (χ2n) is 7.87. The molecule has 0 spiro atoms. The van der Waals surface area contributed by atoms with Crippen LogP contribution in [-0.4, -0.2) is 56.0 Å². The quantitative estimate of drug-likeness (QED) is 0.437. The maximum atomic E-state index is 13.4. The lowest BCUT2D eigenvalue weighted by atomic mass is 9.96. The molecule has 5 nitrogen and oxygen atoms in total. The van der Waals surface area contributed by atoms with Crippen molar-refractivity contribution in [1.82, 2.24) is 14.7 Å². The van der Waals surface area contributed by atoms with Crippen molar-refractivity contribution < 1.29 is 14.0 Å². The molecule has 1 aromatic carbocycles. The first kappa shape index (κ1) is 22.6. The van der Waals surface area contributed by atoms with E-state index in [0.29, 0.717) is 30.0 Å². The molecule has 0 unspecified atom stereocenters. The zero-order valence-corrected chi connectivity index (χ0v) is 17.3. The highest BCUT2D eigenvalue weighted by molar-refractivity contribution is 5.85. The van der Waals surface area contributed by atoms with Crippen molar-refractivity contribution in [2.24, 2.45) is 0 Å². The first-order valence-electron chi connectivity index (χ1n) is 10.2. The van der Waals surface area contributed by atoms with E-state index in [1.165, 1.54) is 31.4 Å². The zero-order chi connectivity index (χ0) is 19.1. The van der Waals surface area contributed by atoms with Gasteiger partial charge >= 0.3 is 6.03 Å². The Hall–Kier alpha value is -1.66. The Balaban J connectivity index is 0.00000280. The molecule has 0 radical (unpaired) electrons. The van der Waals surface area contributed by atoms with E-state index in [-0.39, 0.29) is 24.3 Å². The molecule has 1 N–H and O–H groups in total. The number of halogens is 2. The summed E-state index contributed by atoms with van der Waals surface area (Å²) in [6.07, 6.45) is 8.13. The number of piperazine rings is 1. The van der Waals surface area contributed by atoms with Crippen LogP contribution in [0, 0.1) is 5.82 Å². The highest BCUT2D eigenvalue weighted by Gasteiger charge is 2.36. The summed E-state index contributed by atoms with van der Waals surface area (Å²) in [7, 11) is 0. The van der Waals surface area contributed by atoms with Crippen LogP contribution in [0.25, 0.3) is 0 Å². The maximum absolute atomic E-state index is 13.4. The lowest BCUT2D eigenvalue weighted by Gasteiger charge is -2.44. The van der Waals surface area contributed by atoms with Gasteiger partial charge in [0.15, 0.2) is 0 Å². The van der Waals surface area contributed by atoms with Gasteiger partial charge in [0.25, 0.3) is 0 Å². The van der Waals surface area contributed by atoms with Gasteiger partial charge in [0.05, 0.1) is 19.6 Å². The van der Waals surface area contributed by atoms with Crippen molar-refractivity contribution in [3.8, 4) is 0 Å². The van der Waals surface area contributed by atoms with E-state index >= 15 is 0 Å². The summed E-state index contributed by atoms with van der Waals surface area (Å²) < 4.78 is 14.1. The zero-order valence-electron chi connectivity index (χ0n) is 16.4. The predicted molar refractivity (Wildman–Crippen MR) is 112 cm³/mol. The number of hydrogen-bond acceptors (Lipinski definition) is 2. The summed E-state index contributed by atoms with van der Waals surface area (Å²) in [6.45, 7) is 3.78. The molecule has 1 saturated carbocycles. The minimum Gasteiger partial charge on any atom is -0.335 e. The summed E-state index contributed by atoms with van der Waals surface area (Å²) >= 11 is 0. The maximum Gasteiger partial charge on any atom is 0.318 e. The van der Waals surface area contributed by atoms with Gasteiger partial charge in [0.1, 0.15) is 30.9 Å². The number of carbonyl (C=O) groups excluding carboxylic acids is 2. The lowest BCUT2D eigenvalue weighted by molar-refractivity contribution is -0.108. The van der Waals surface area contributed by atoms with E-state index in [0.717, 1.165) is 50.9 Å². The van der Waals surface area contributed by atoms with E-state index in [2.05, 4.69) is 5.32 Å². The molecule has 0 bridgehead atoms. The summed E-state index contributed by atoms with van der Waals surface area (Å²) in [6, 6.07) is 7.04. The van der Waals surface area contributed by atoms with E-state index in [4.69, 9.17) is 0 Å².